The van der Waals surface area contributed by atoms with Crippen LogP contribution in [0.4, 0.5) is 12.9 Å². The molecule has 0 bridgehead atoms. The van der Waals surface area contributed by atoms with Crippen LogP contribution in [0.25, 0.3) is 0 Å². The van der Waals surface area contributed by atoms with E-state index in [1.807, 2.05) is 20.8 Å². The molecule has 108 valence electrons. The second kappa shape index (κ2) is 8.20. The number of aryl methyl sites for hydroxylation is 1. The molecule has 0 aromatic heterocycles. The molecule has 0 radical (unpaired) electrons. The first-order chi connectivity index (χ1) is 8.59. The van der Waals surface area contributed by atoms with E-state index in [4.69, 9.17) is 9.47 Å². The van der Waals surface area contributed by atoms with Gasteiger partial charge in [-0.25, -0.2) is 0 Å². The van der Waals surface area contributed by atoms with E-state index in [2.05, 4.69) is 0 Å². The van der Waals surface area contributed by atoms with Crippen LogP contribution in [-0.4, -0.2) is 25.8 Å². The molecule has 0 aliphatic carbocycles. The zero-order chi connectivity index (χ0) is 14.7. The summed E-state index contributed by atoms with van der Waals surface area (Å²) in [5, 5.41) is 0. The molecule has 0 amide bonds. The van der Waals surface area contributed by atoms with Crippen LogP contribution in [0.15, 0.2) is 18.2 Å². The molecule has 0 saturated heterocycles. The topological polar surface area (TPSA) is 18.5 Å². The molecule has 0 atom stereocenters. The molecule has 2 nitrogen and oxygen atoms in total. The van der Waals surface area contributed by atoms with Crippen molar-refractivity contribution < 1.29 is 73.8 Å². The standard InChI is InChI=1S/C13H19BF3O2.K/c1-10-5-6-12(11(9-10)14(15,16)17)18-7-8-19-13(2,3)4;/h5-6,9H,7-8H2,1-4H3;/q-1;+1. The number of hydrogen-bond donors (Lipinski definition) is 0. The van der Waals surface area contributed by atoms with Crippen LogP contribution in [0.3, 0.4) is 0 Å². The Kier molecular flexibility index (Phi) is 8.39. The molecule has 20 heavy (non-hydrogen) atoms. The van der Waals surface area contributed by atoms with Gasteiger partial charge in [-0.05, 0) is 33.8 Å². The minimum atomic E-state index is -5.07. The molecule has 0 spiro atoms. The van der Waals surface area contributed by atoms with E-state index in [1.165, 1.54) is 6.07 Å². The number of rotatable bonds is 5. The predicted molar refractivity (Wildman–Crippen MR) is 71.1 cm³/mol. The summed E-state index contributed by atoms with van der Waals surface area (Å²) in [5.41, 5.74) is -0.448. The Morgan fingerprint density at radius 3 is 2.20 bits per heavy atom. The summed E-state index contributed by atoms with van der Waals surface area (Å²) in [5.74, 6) is -0.129. The fraction of sp³-hybridized carbons (Fsp3) is 0.538. The van der Waals surface area contributed by atoms with Crippen molar-refractivity contribution in [2.75, 3.05) is 13.2 Å². The SMILES string of the molecule is Cc1ccc(OCCOC(C)(C)C)c([B-](F)(F)F)c1.[K+]. The second-order valence-electron chi connectivity index (χ2n) is 5.43. The molecular weight excluding hydrogens is 295 g/mol. The molecule has 0 heterocycles. The molecule has 0 unspecified atom stereocenters. The minimum Gasteiger partial charge on any atom is -0.494 e. The normalized spacial score (nSPS) is 11.9. The van der Waals surface area contributed by atoms with Gasteiger partial charge >= 0.3 is 58.4 Å². The zero-order valence-corrected chi connectivity index (χ0v) is 15.8. The van der Waals surface area contributed by atoms with Gasteiger partial charge in [0.15, 0.2) is 0 Å². The summed E-state index contributed by atoms with van der Waals surface area (Å²) in [6, 6.07) is 4.07. The smallest absolute Gasteiger partial charge is 0.494 e. The van der Waals surface area contributed by atoms with E-state index in [-0.39, 0.29) is 75.9 Å². The van der Waals surface area contributed by atoms with Crippen molar-refractivity contribution in [3.05, 3.63) is 23.8 Å². The van der Waals surface area contributed by atoms with Crippen molar-refractivity contribution in [1.82, 2.24) is 0 Å². The molecule has 1 aromatic rings. The first-order valence-corrected chi connectivity index (χ1v) is 6.17. The molecule has 0 fully saturated rings. The number of benzene rings is 1. The molecule has 0 N–H and O–H groups in total. The van der Waals surface area contributed by atoms with Crippen LogP contribution >= 0.6 is 0 Å². The average molecular weight is 314 g/mol. The molecule has 0 saturated carbocycles. The quantitative estimate of drug-likeness (QED) is 0.573. The maximum Gasteiger partial charge on any atom is 1.00 e. The van der Waals surface area contributed by atoms with Crippen LogP contribution in [0, 0.1) is 6.92 Å². The van der Waals surface area contributed by atoms with Gasteiger partial charge in [0, 0.05) is 0 Å². The Morgan fingerprint density at radius 2 is 1.70 bits per heavy atom. The third-order valence-electron chi connectivity index (χ3n) is 2.39. The molecule has 1 rings (SSSR count). The summed E-state index contributed by atoms with van der Waals surface area (Å²) in [6.45, 7) is 2.54. The van der Waals surface area contributed by atoms with Gasteiger partial charge in [-0.3, -0.25) is 0 Å². The maximum absolute atomic E-state index is 12.9. The van der Waals surface area contributed by atoms with E-state index >= 15 is 0 Å². The van der Waals surface area contributed by atoms with Gasteiger partial charge < -0.3 is 22.4 Å². The Morgan fingerprint density at radius 1 is 1.10 bits per heavy atom. The van der Waals surface area contributed by atoms with Crippen molar-refractivity contribution in [3.8, 4) is 5.75 Å². The Balaban J connectivity index is 0.00000361. The van der Waals surface area contributed by atoms with Gasteiger partial charge in [-0.15, -0.1) is 0 Å². The van der Waals surface area contributed by atoms with Crippen molar-refractivity contribution in [1.29, 1.82) is 0 Å². The molecule has 0 aliphatic heterocycles. The summed E-state index contributed by atoms with van der Waals surface area (Å²) in [7, 11) is 0. The third-order valence-corrected chi connectivity index (χ3v) is 2.39. The molecule has 0 aliphatic rings. The third kappa shape index (κ3) is 7.47. The van der Waals surface area contributed by atoms with Crippen LogP contribution in [0.5, 0.6) is 5.75 Å². The predicted octanol–water partition coefficient (Wildman–Crippen LogP) is 0.247. The van der Waals surface area contributed by atoms with Gasteiger partial charge in [-0.1, -0.05) is 23.2 Å². The molecular formula is C13H19BF3KO2. The Hall–Kier alpha value is 0.471. The summed E-state index contributed by atoms with van der Waals surface area (Å²) < 4.78 is 49.2. The van der Waals surface area contributed by atoms with Crippen molar-refractivity contribution in [2.45, 2.75) is 33.3 Å². The van der Waals surface area contributed by atoms with Crippen LogP contribution in [0.2, 0.25) is 0 Å². The Bertz CT molecular complexity index is 431. The van der Waals surface area contributed by atoms with E-state index in [0.29, 0.717) is 5.56 Å². The van der Waals surface area contributed by atoms with E-state index in [9.17, 15) is 12.9 Å². The first-order valence-electron chi connectivity index (χ1n) is 6.17. The Labute approximate surface area is 160 Å². The largest absolute Gasteiger partial charge is 1.00 e. The van der Waals surface area contributed by atoms with Crippen LogP contribution in [-0.2, 0) is 4.74 Å². The van der Waals surface area contributed by atoms with Gasteiger partial charge in [0.25, 0.3) is 0 Å². The molecule has 1 aromatic carbocycles. The van der Waals surface area contributed by atoms with Crippen molar-refractivity contribution >= 4 is 12.4 Å². The minimum absolute atomic E-state index is 0. The van der Waals surface area contributed by atoms with Gasteiger partial charge in [0.1, 0.15) is 6.61 Å². The van der Waals surface area contributed by atoms with Crippen LogP contribution < -0.4 is 61.6 Å². The monoisotopic (exact) mass is 314 g/mol. The van der Waals surface area contributed by atoms with Gasteiger partial charge in [0.2, 0.25) is 0 Å². The van der Waals surface area contributed by atoms with Crippen molar-refractivity contribution in [3.63, 3.8) is 0 Å². The number of hydrogen-bond acceptors (Lipinski definition) is 2. The van der Waals surface area contributed by atoms with E-state index in [1.54, 1.807) is 13.0 Å². The number of halogens is 3. The number of ether oxygens (including phenoxy) is 2. The average Bonchev–Trinajstić information content (AvgIpc) is 2.23. The van der Waals surface area contributed by atoms with E-state index in [0.717, 1.165) is 6.07 Å². The molecule has 7 heteroatoms. The summed E-state index contributed by atoms with van der Waals surface area (Å²) in [4.78, 5) is 0. The fourth-order valence-electron chi connectivity index (χ4n) is 1.55. The zero-order valence-electron chi connectivity index (χ0n) is 12.7. The summed E-state index contributed by atoms with van der Waals surface area (Å²) >= 11 is 0. The first kappa shape index (κ1) is 20.5. The van der Waals surface area contributed by atoms with E-state index < -0.39 is 12.4 Å². The van der Waals surface area contributed by atoms with Gasteiger partial charge in [-0.2, -0.15) is 0 Å². The maximum atomic E-state index is 12.9. The fourth-order valence-corrected chi connectivity index (χ4v) is 1.55. The van der Waals surface area contributed by atoms with Crippen LogP contribution in [0.1, 0.15) is 26.3 Å². The van der Waals surface area contributed by atoms with Crippen molar-refractivity contribution in [2.24, 2.45) is 0 Å². The summed E-state index contributed by atoms with van der Waals surface area (Å²) in [6.07, 6.45) is 0. The van der Waals surface area contributed by atoms with Gasteiger partial charge in [0.05, 0.1) is 18.0 Å². The second-order valence-corrected chi connectivity index (χ2v) is 5.43.